The maximum absolute atomic E-state index is 12.3. The normalized spacial score (nSPS) is 21.7. The van der Waals surface area contributed by atoms with Crippen molar-refractivity contribution in [2.45, 2.75) is 6.04 Å². The van der Waals surface area contributed by atoms with E-state index in [0.717, 1.165) is 0 Å². The molecule has 1 aromatic rings. The third kappa shape index (κ3) is 2.57. The third-order valence-electron chi connectivity index (χ3n) is 3.54. The summed E-state index contributed by atoms with van der Waals surface area (Å²) in [6.07, 6.45) is 1.50. The number of aryl methyl sites for hydroxylation is 1. The smallest absolute Gasteiger partial charge is 0.311 e. The zero-order valence-electron chi connectivity index (χ0n) is 11.3. The van der Waals surface area contributed by atoms with Crippen LogP contribution in [-0.2, 0) is 16.6 Å². The van der Waals surface area contributed by atoms with Crippen molar-refractivity contribution in [2.75, 3.05) is 20.3 Å². The van der Waals surface area contributed by atoms with Gasteiger partial charge in [0.25, 0.3) is 11.5 Å². The van der Waals surface area contributed by atoms with E-state index in [9.17, 15) is 14.4 Å². The second-order valence-electron chi connectivity index (χ2n) is 4.83. The molecule has 2 rings (SSSR count). The van der Waals surface area contributed by atoms with Gasteiger partial charge in [-0.2, -0.15) is 0 Å². The zero-order valence-corrected chi connectivity index (χ0v) is 11.3. The highest BCUT2D eigenvalue weighted by Crippen LogP contribution is 2.20. The minimum absolute atomic E-state index is 0.0914. The number of ether oxygens (including phenoxy) is 1. The molecule has 1 aromatic heterocycles. The Labute approximate surface area is 115 Å². The lowest BCUT2D eigenvalue weighted by molar-refractivity contribution is -0.142. The lowest BCUT2D eigenvalue weighted by Gasteiger charge is -2.26. The van der Waals surface area contributed by atoms with Crippen LogP contribution in [0.4, 0.5) is 0 Å². The number of carbonyl (C=O) groups excluding carboxylic acids is 1. The SMILES string of the molecule is CN(C(=O)c1ccn(C)c(=O)c1)C1COCC1C(=O)O. The van der Waals surface area contributed by atoms with Crippen molar-refractivity contribution in [1.29, 1.82) is 0 Å². The molecule has 2 atom stereocenters. The van der Waals surface area contributed by atoms with Crippen LogP contribution in [0.5, 0.6) is 0 Å². The molecule has 108 valence electrons. The molecule has 1 saturated heterocycles. The molecule has 0 spiro atoms. The summed E-state index contributed by atoms with van der Waals surface area (Å²) in [4.78, 5) is 36.3. The molecule has 0 aromatic carbocycles. The zero-order chi connectivity index (χ0) is 14.9. The second kappa shape index (κ2) is 5.46. The topological polar surface area (TPSA) is 88.8 Å². The van der Waals surface area contributed by atoms with Crippen LogP contribution in [0.1, 0.15) is 10.4 Å². The number of carbonyl (C=O) groups is 2. The van der Waals surface area contributed by atoms with Gasteiger partial charge in [-0.25, -0.2) is 0 Å². The number of hydrogen-bond acceptors (Lipinski definition) is 4. The predicted octanol–water partition coefficient (Wildman–Crippen LogP) is -0.443. The van der Waals surface area contributed by atoms with E-state index in [1.807, 2.05) is 0 Å². The molecule has 2 unspecified atom stereocenters. The molecular weight excluding hydrogens is 264 g/mol. The van der Waals surface area contributed by atoms with E-state index in [1.165, 1.54) is 34.8 Å². The molecule has 1 amide bonds. The van der Waals surface area contributed by atoms with Crippen molar-refractivity contribution in [3.05, 3.63) is 34.2 Å². The minimum Gasteiger partial charge on any atom is -0.481 e. The molecule has 1 N–H and O–H groups in total. The van der Waals surface area contributed by atoms with Crippen LogP contribution in [0.15, 0.2) is 23.1 Å². The van der Waals surface area contributed by atoms with Gasteiger partial charge >= 0.3 is 5.97 Å². The van der Waals surface area contributed by atoms with E-state index < -0.39 is 17.9 Å². The fourth-order valence-corrected chi connectivity index (χ4v) is 2.20. The molecule has 1 aliphatic rings. The number of aromatic nitrogens is 1. The fourth-order valence-electron chi connectivity index (χ4n) is 2.20. The number of nitrogens with zero attached hydrogens (tertiary/aromatic N) is 2. The Kier molecular flexibility index (Phi) is 3.89. The van der Waals surface area contributed by atoms with Gasteiger partial charge in [0, 0.05) is 31.9 Å². The molecule has 0 bridgehead atoms. The van der Waals surface area contributed by atoms with E-state index in [4.69, 9.17) is 9.84 Å². The van der Waals surface area contributed by atoms with Gasteiger partial charge in [0.05, 0.1) is 19.3 Å². The second-order valence-corrected chi connectivity index (χ2v) is 4.83. The van der Waals surface area contributed by atoms with Gasteiger partial charge in [0.1, 0.15) is 5.92 Å². The first-order valence-electron chi connectivity index (χ1n) is 6.16. The largest absolute Gasteiger partial charge is 0.481 e. The Morgan fingerprint density at radius 2 is 2.15 bits per heavy atom. The fraction of sp³-hybridized carbons (Fsp3) is 0.462. The van der Waals surface area contributed by atoms with E-state index in [1.54, 1.807) is 7.05 Å². The lowest BCUT2D eigenvalue weighted by atomic mass is 10.0. The van der Waals surface area contributed by atoms with Gasteiger partial charge < -0.3 is 19.3 Å². The monoisotopic (exact) mass is 280 g/mol. The van der Waals surface area contributed by atoms with Crippen molar-refractivity contribution in [1.82, 2.24) is 9.47 Å². The summed E-state index contributed by atoms with van der Waals surface area (Å²) >= 11 is 0. The standard InChI is InChI=1S/C13H16N2O5/c1-14-4-3-8(5-11(14)16)12(17)15(2)10-7-20-6-9(10)13(18)19/h3-5,9-10H,6-7H2,1-2H3,(H,18,19). The molecular formula is C13H16N2O5. The molecule has 1 fully saturated rings. The van der Waals surface area contributed by atoms with E-state index in [-0.39, 0.29) is 30.2 Å². The third-order valence-corrected chi connectivity index (χ3v) is 3.54. The first-order chi connectivity index (χ1) is 9.41. The quantitative estimate of drug-likeness (QED) is 0.810. The van der Waals surface area contributed by atoms with Gasteiger partial charge in [-0.05, 0) is 6.07 Å². The molecule has 1 aliphatic heterocycles. The van der Waals surface area contributed by atoms with Crippen LogP contribution in [0.3, 0.4) is 0 Å². The van der Waals surface area contributed by atoms with Gasteiger partial charge in [-0.3, -0.25) is 14.4 Å². The number of likely N-dealkylation sites (N-methyl/N-ethyl adjacent to an activating group) is 1. The molecule has 0 radical (unpaired) electrons. The van der Waals surface area contributed by atoms with Gasteiger partial charge in [-0.15, -0.1) is 0 Å². The number of carboxylic acids is 1. The van der Waals surface area contributed by atoms with Crippen LogP contribution in [0, 0.1) is 5.92 Å². The summed E-state index contributed by atoms with van der Waals surface area (Å²) in [5.41, 5.74) is -0.0478. The highest BCUT2D eigenvalue weighted by Gasteiger charge is 2.38. The number of rotatable bonds is 3. The molecule has 7 heteroatoms. The molecule has 2 heterocycles. The van der Waals surface area contributed by atoms with Crippen LogP contribution in [-0.4, -0.2) is 52.8 Å². The Morgan fingerprint density at radius 3 is 2.75 bits per heavy atom. The molecule has 0 aliphatic carbocycles. The van der Waals surface area contributed by atoms with Gasteiger partial charge in [-0.1, -0.05) is 0 Å². The van der Waals surface area contributed by atoms with Gasteiger partial charge in [0.15, 0.2) is 0 Å². The Bertz CT molecular complexity index is 595. The summed E-state index contributed by atoms with van der Waals surface area (Å²) < 4.78 is 6.50. The summed E-state index contributed by atoms with van der Waals surface area (Å²) in [5.74, 6) is -2.11. The summed E-state index contributed by atoms with van der Waals surface area (Å²) in [7, 11) is 3.11. The van der Waals surface area contributed by atoms with Crippen LogP contribution >= 0.6 is 0 Å². The van der Waals surface area contributed by atoms with Crippen molar-refractivity contribution in [3.8, 4) is 0 Å². The first-order valence-corrected chi connectivity index (χ1v) is 6.16. The highest BCUT2D eigenvalue weighted by atomic mass is 16.5. The van der Waals surface area contributed by atoms with E-state index >= 15 is 0 Å². The summed E-state index contributed by atoms with van der Waals surface area (Å²) in [6, 6.07) is 2.25. The van der Waals surface area contributed by atoms with Crippen molar-refractivity contribution in [3.63, 3.8) is 0 Å². The van der Waals surface area contributed by atoms with Crippen molar-refractivity contribution >= 4 is 11.9 Å². The number of pyridine rings is 1. The molecule has 20 heavy (non-hydrogen) atoms. The highest BCUT2D eigenvalue weighted by molar-refractivity contribution is 5.94. The maximum atomic E-state index is 12.3. The first kappa shape index (κ1) is 14.3. The van der Waals surface area contributed by atoms with Crippen LogP contribution < -0.4 is 5.56 Å². The van der Waals surface area contributed by atoms with Gasteiger partial charge in [0.2, 0.25) is 0 Å². The van der Waals surface area contributed by atoms with Crippen LogP contribution in [0.2, 0.25) is 0 Å². The van der Waals surface area contributed by atoms with Crippen LogP contribution in [0.25, 0.3) is 0 Å². The maximum Gasteiger partial charge on any atom is 0.311 e. The van der Waals surface area contributed by atoms with Crippen molar-refractivity contribution in [2.24, 2.45) is 13.0 Å². The number of aliphatic carboxylic acids is 1. The number of hydrogen-bond donors (Lipinski definition) is 1. The Balaban J connectivity index is 2.22. The lowest BCUT2D eigenvalue weighted by Crippen LogP contribution is -2.44. The minimum atomic E-state index is -0.990. The number of amides is 1. The molecule has 7 nitrogen and oxygen atoms in total. The Hall–Kier alpha value is -2.15. The predicted molar refractivity (Wildman–Crippen MR) is 69.5 cm³/mol. The van der Waals surface area contributed by atoms with E-state index in [2.05, 4.69) is 0 Å². The molecule has 0 saturated carbocycles. The number of carboxylic acid groups (broad SMARTS) is 1. The average molecular weight is 280 g/mol. The summed E-state index contributed by atoms with van der Waals surface area (Å²) in [6.45, 7) is 0.276. The van der Waals surface area contributed by atoms with E-state index in [0.29, 0.717) is 0 Å². The average Bonchev–Trinajstić information content (AvgIpc) is 2.89. The summed E-state index contributed by atoms with van der Waals surface area (Å²) in [5, 5.41) is 9.09. The van der Waals surface area contributed by atoms with Crippen molar-refractivity contribution < 1.29 is 19.4 Å². The Morgan fingerprint density at radius 1 is 1.45 bits per heavy atom.